The van der Waals surface area contributed by atoms with Crippen LogP contribution in [-0.4, -0.2) is 11.6 Å². The van der Waals surface area contributed by atoms with Crippen molar-refractivity contribution in [3.63, 3.8) is 0 Å². The highest BCUT2D eigenvalue weighted by Gasteiger charge is 2.04. The number of aryl methyl sites for hydroxylation is 8. The minimum Gasteiger partial charge on any atom is -0.300 e. The second-order valence-electron chi connectivity index (χ2n) is 15.6. The normalized spacial score (nSPS) is 9.03. The zero-order chi connectivity index (χ0) is 47.2. The molecule has 0 saturated heterocycles. The van der Waals surface area contributed by atoms with Crippen molar-refractivity contribution in [2.45, 2.75) is 82.1 Å². The van der Waals surface area contributed by atoms with Gasteiger partial charge in [-0.15, -0.1) is 0 Å². The molecule has 0 aliphatic heterocycles. The predicted molar refractivity (Wildman–Crippen MR) is 278 cm³/mol. The standard InChI is InChI=1S/C13H16O2.7C7H8/c1-9-4-5-12(6-10(2)14)8-13(9)7-11(3)15;7*1-7-5-3-2-4-6-7/h4-5,8H,6-7H2,1-3H3;7*2-6H,1H3. The van der Waals surface area contributed by atoms with Crippen LogP contribution in [0.3, 0.4) is 0 Å². The number of Topliss-reactive ketones (excluding diaryl/α,β-unsaturated/α-hetero) is 2. The summed E-state index contributed by atoms with van der Waals surface area (Å²) >= 11 is 0. The van der Waals surface area contributed by atoms with E-state index >= 15 is 0 Å². The average molecular weight is 849 g/mol. The Labute approximate surface area is 387 Å². The van der Waals surface area contributed by atoms with E-state index in [9.17, 15) is 9.59 Å². The summed E-state index contributed by atoms with van der Waals surface area (Å²) in [6.45, 7) is 19.7. The van der Waals surface area contributed by atoms with Gasteiger partial charge in [0.05, 0.1) is 0 Å². The van der Waals surface area contributed by atoms with E-state index in [1.54, 1.807) is 13.8 Å². The van der Waals surface area contributed by atoms with Crippen LogP contribution in [0, 0.1) is 55.4 Å². The summed E-state index contributed by atoms with van der Waals surface area (Å²) in [5, 5.41) is 0. The summed E-state index contributed by atoms with van der Waals surface area (Å²) in [7, 11) is 0. The van der Waals surface area contributed by atoms with Crippen LogP contribution in [0.25, 0.3) is 0 Å². The molecule has 2 heteroatoms. The van der Waals surface area contributed by atoms with Gasteiger partial charge in [0.25, 0.3) is 0 Å². The van der Waals surface area contributed by atoms with Crippen LogP contribution < -0.4 is 0 Å². The van der Waals surface area contributed by atoms with Gasteiger partial charge < -0.3 is 0 Å². The third kappa shape index (κ3) is 32.8. The number of rotatable bonds is 4. The van der Waals surface area contributed by atoms with Gasteiger partial charge in [-0.3, -0.25) is 9.59 Å². The van der Waals surface area contributed by atoms with Gasteiger partial charge in [-0.05, 0) is 85.9 Å². The molecule has 0 aromatic heterocycles. The quantitative estimate of drug-likeness (QED) is 0.177. The van der Waals surface area contributed by atoms with Gasteiger partial charge in [0.2, 0.25) is 0 Å². The topological polar surface area (TPSA) is 34.1 Å². The molecule has 0 aliphatic carbocycles. The van der Waals surface area contributed by atoms with E-state index in [1.807, 2.05) is 153 Å². The summed E-state index contributed by atoms with van der Waals surface area (Å²) in [6, 6.07) is 77.7. The van der Waals surface area contributed by atoms with E-state index in [-0.39, 0.29) is 11.6 Å². The number of benzene rings is 8. The number of hydrogen-bond acceptors (Lipinski definition) is 2. The summed E-state index contributed by atoms with van der Waals surface area (Å²) < 4.78 is 0. The summed E-state index contributed by atoms with van der Waals surface area (Å²) in [6.07, 6.45) is 0.906. The lowest BCUT2D eigenvalue weighted by Crippen LogP contribution is -2.02. The number of carbonyl (C=O) groups excluding carboxylic acids is 2. The van der Waals surface area contributed by atoms with Crippen LogP contribution in [-0.2, 0) is 22.4 Å². The van der Waals surface area contributed by atoms with E-state index in [4.69, 9.17) is 0 Å². The first kappa shape index (κ1) is 55.1. The monoisotopic (exact) mass is 849 g/mol. The third-order valence-corrected chi connectivity index (χ3v) is 8.89. The van der Waals surface area contributed by atoms with Gasteiger partial charge >= 0.3 is 0 Å². The van der Waals surface area contributed by atoms with Gasteiger partial charge in [-0.25, -0.2) is 0 Å². The first-order valence-electron chi connectivity index (χ1n) is 21.9. The molecule has 0 atom stereocenters. The molecule has 0 radical (unpaired) electrons. The number of ketones is 2. The molecule has 0 aliphatic rings. The fourth-order valence-electron chi connectivity index (χ4n) is 5.32. The highest BCUT2D eigenvalue weighted by Crippen LogP contribution is 2.13. The first-order valence-corrected chi connectivity index (χ1v) is 21.9. The van der Waals surface area contributed by atoms with Gasteiger partial charge in [-0.2, -0.15) is 0 Å². The lowest BCUT2D eigenvalue weighted by molar-refractivity contribution is -0.117. The van der Waals surface area contributed by atoms with Crippen molar-refractivity contribution < 1.29 is 9.59 Å². The SMILES string of the molecule is CC(=O)Cc1ccc(C)c(CC(C)=O)c1.Cc1ccccc1.Cc1ccccc1.Cc1ccccc1.Cc1ccccc1.Cc1ccccc1.Cc1ccccc1.Cc1ccccc1. The Morgan fingerprint density at radius 2 is 0.484 bits per heavy atom. The van der Waals surface area contributed by atoms with Crippen molar-refractivity contribution in [3.8, 4) is 0 Å². The van der Waals surface area contributed by atoms with Crippen LogP contribution in [0.2, 0.25) is 0 Å². The molecular formula is C62H72O2. The van der Waals surface area contributed by atoms with Crippen molar-refractivity contribution in [2.24, 2.45) is 0 Å². The Morgan fingerprint density at radius 1 is 0.281 bits per heavy atom. The molecule has 64 heavy (non-hydrogen) atoms. The lowest BCUT2D eigenvalue weighted by atomic mass is 9.99. The maximum atomic E-state index is 11.0. The van der Waals surface area contributed by atoms with E-state index in [0.717, 1.165) is 16.7 Å². The molecule has 0 heterocycles. The molecule has 8 aromatic rings. The molecule has 0 amide bonds. The molecule has 0 bridgehead atoms. The second-order valence-corrected chi connectivity index (χ2v) is 15.6. The van der Waals surface area contributed by atoms with Gasteiger partial charge in [0, 0.05) is 12.8 Å². The lowest BCUT2D eigenvalue weighted by Gasteiger charge is -2.06. The molecule has 0 N–H and O–H groups in total. The smallest absolute Gasteiger partial charge is 0.134 e. The zero-order valence-corrected chi connectivity index (χ0v) is 40.2. The highest BCUT2D eigenvalue weighted by atomic mass is 16.1. The molecule has 8 aromatic carbocycles. The predicted octanol–water partition coefficient (Wildman–Crippen LogP) is 16.2. The van der Waals surface area contributed by atoms with E-state index in [0.29, 0.717) is 12.8 Å². The van der Waals surface area contributed by atoms with E-state index in [2.05, 4.69) is 133 Å². The average Bonchev–Trinajstić information content (AvgIpc) is 3.28. The molecular weight excluding hydrogens is 777 g/mol. The van der Waals surface area contributed by atoms with Gasteiger partial charge in [-0.1, -0.05) is 269 Å². The maximum absolute atomic E-state index is 11.0. The number of hydrogen-bond donors (Lipinski definition) is 0. The van der Waals surface area contributed by atoms with Crippen molar-refractivity contribution in [3.05, 3.63) is 286 Å². The van der Waals surface area contributed by atoms with Crippen LogP contribution in [0.5, 0.6) is 0 Å². The van der Waals surface area contributed by atoms with Crippen LogP contribution in [0.15, 0.2) is 231 Å². The third-order valence-electron chi connectivity index (χ3n) is 8.89. The second kappa shape index (κ2) is 35.7. The van der Waals surface area contributed by atoms with Crippen LogP contribution in [0.1, 0.15) is 69.5 Å². The molecule has 8 rings (SSSR count). The number of carbonyl (C=O) groups is 2. The molecule has 332 valence electrons. The summed E-state index contributed by atoms with van der Waals surface area (Å²) in [5.74, 6) is 0.297. The minimum absolute atomic E-state index is 0.146. The first-order chi connectivity index (χ1) is 30.7. The fourth-order valence-corrected chi connectivity index (χ4v) is 5.32. The maximum Gasteiger partial charge on any atom is 0.134 e. The molecule has 0 spiro atoms. The largest absolute Gasteiger partial charge is 0.300 e. The van der Waals surface area contributed by atoms with Crippen molar-refractivity contribution >= 4 is 11.6 Å². The Balaban J connectivity index is 0.000000373. The summed E-state index contributed by atoms with van der Waals surface area (Å²) in [5.41, 5.74) is 12.4. The van der Waals surface area contributed by atoms with Crippen molar-refractivity contribution in [2.75, 3.05) is 0 Å². The van der Waals surface area contributed by atoms with Gasteiger partial charge in [0.1, 0.15) is 11.6 Å². The molecule has 2 nitrogen and oxygen atoms in total. The highest BCUT2D eigenvalue weighted by molar-refractivity contribution is 5.80. The van der Waals surface area contributed by atoms with Crippen LogP contribution in [0.4, 0.5) is 0 Å². The fraction of sp³-hybridized carbons (Fsp3) is 0.194. The Kier molecular flexibility index (Phi) is 30.7. The molecule has 0 fully saturated rings. The Morgan fingerprint density at radius 3 is 0.641 bits per heavy atom. The van der Waals surface area contributed by atoms with Gasteiger partial charge in [0.15, 0.2) is 0 Å². The Bertz CT molecular complexity index is 1940. The zero-order valence-electron chi connectivity index (χ0n) is 40.2. The Hall–Kier alpha value is -6.90. The van der Waals surface area contributed by atoms with Crippen molar-refractivity contribution in [1.82, 2.24) is 0 Å². The molecule has 0 unspecified atom stereocenters. The van der Waals surface area contributed by atoms with Crippen molar-refractivity contribution in [1.29, 1.82) is 0 Å². The minimum atomic E-state index is 0.146. The molecule has 0 saturated carbocycles. The van der Waals surface area contributed by atoms with E-state index in [1.165, 1.54) is 38.9 Å². The van der Waals surface area contributed by atoms with Crippen LogP contribution >= 0.6 is 0 Å². The summed E-state index contributed by atoms with van der Waals surface area (Å²) in [4.78, 5) is 22.0. The van der Waals surface area contributed by atoms with E-state index < -0.39 is 0 Å².